The van der Waals surface area contributed by atoms with Crippen LogP contribution in [0.2, 0.25) is 0 Å². The fourth-order valence-corrected chi connectivity index (χ4v) is 1.71. The van der Waals surface area contributed by atoms with Gasteiger partial charge >= 0.3 is 0 Å². The first-order valence-corrected chi connectivity index (χ1v) is 4.04. The third-order valence-corrected chi connectivity index (χ3v) is 2.30. The second-order valence-corrected chi connectivity index (χ2v) is 3.10. The standard InChI is InChI=1S/C8H11NO2/c10-8-5-7(11-9-8)6-3-1-2-4-6/h5-6H,1-4H2,(H,9,10). The molecule has 0 aliphatic heterocycles. The summed E-state index contributed by atoms with van der Waals surface area (Å²) in [7, 11) is 0. The van der Waals surface area contributed by atoms with Gasteiger partial charge in [-0.05, 0) is 12.8 Å². The van der Waals surface area contributed by atoms with Crippen LogP contribution in [0.15, 0.2) is 15.4 Å². The van der Waals surface area contributed by atoms with Crippen molar-refractivity contribution in [1.82, 2.24) is 5.16 Å². The van der Waals surface area contributed by atoms with E-state index in [1.807, 2.05) is 0 Å². The molecule has 0 atom stereocenters. The van der Waals surface area contributed by atoms with Gasteiger partial charge in [-0.25, -0.2) is 0 Å². The molecule has 11 heavy (non-hydrogen) atoms. The lowest BCUT2D eigenvalue weighted by molar-refractivity contribution is 0.357. The molecule has 1 aliphatic carbocycles. The van der Waals surface area contributed by atoms with E-state index in [0.29, 0.717) is 5.92 Å². The molecule has 1 saturated carbocycles. The van der Waals surface area contributed by atoms with Crippen molar-refractivity contribution >= 4 is 0 Å². The topological polar surface area (TPSA) is 46.0 Å². The Morgan fingerprint density at radius 1 is 1.45 bits per heavy atom. The first-order chi connectivity index (χ1) is 5.36. The van der Waals surface area contributed by atoms with E-state index in [4.69, 9.17) is 4.52 Å². The lowest BCUT2D eigenvalue weighted by atomic mass is 10.1. The monoisotopic (exact) mass is 153 g/mol. The van der Waals surface area contributed by atoms with Crippen molar-refractivity contribution in [2.75, 3.05) is 0 Å². The molecule has 0 aromatic carbocycles. The van der Waals surface area contributed by atoms with Crippen LogP contribution in [-0.4, -0.2) is 5.16 Å². The molecule has 0 unspecified atom stereocenters. The molecule has 0 radical (unpaired) electrons. The number of hydrogen-bond donors (Lipinski definition) is 1. The third kappa shape index (κ3) is 1.23. The predicted molar refractivity (Wildman–Crippen MR) is 40.5 cm³/mol. The minimum absolute atomic E-state index is 0.119. The van der Waals surface area contributed by atoms with Crippen LogP contribution in [0.5, 0.6) is 0 Å². The van der Waals surface area contributed by atoms with Crippen molar-refractivity contribution in [3.05, 3.63) is 22.2 Å². The quantitative estimate of drug-likeness (QED) is 0.666. The summed E-state index contributed by atoms with van der Waals surface area (Å²) >= 11 is 0. The van der Waals surface area contributed by atoms with Gasteiger partial charge in [-0.15, -0.1) is 0 Å². The normalized spacial score (nSPS) is 19.3. The fraction of sp³-hybridized carbons (Fsp3) is 0.625. The Bertz CT molecular complexity index is 280. The Kier molecular flexibility index (Phi) is 1.56. The fourth-order valence-electron chi connectivity index (χ4n) is 1.71. The van der Waals surface area contributed by atoms with E-state index < -0.39 is 0 Å². The molecule has 0 amide bonds. The van der Waals surface area contributed by atoms with Gasteiger partial charge in [0.2, 0.25) is 0 Å². The molecule has 1 fully saturated rings. The highest BCUT2D eigenvalue weighted by Crippen LogP contribution is 2.32. The van der Waals surface area contributed by atoms with Crippen molar-refractivity contribution in [3.8, 4) is 0 Å². The summed E-state index contributed by atoms with van der Waals surface area (Å²) in [6.07, 6.45) is 4.86. The minimum Gasteiger partial charge on any atom is -0.383 e. The van der Waals surface area contributed by atoms with Crippen molar-refractivity contribution in [2.24, 2.45) is 0 Å². The van der Waals surface area contributed by atoms with Gasteiger partial charge in [-0.3, -0.25) is 4.79 Å². The van der Waals surface area contributed by atoms with Gasteiger partial charge in [0.1, 0.15) is 5.76 Å². The SMILES string of the molecule is O=c1cc(C2CCCC2)o[nH]1. The average Bonchev–Trinajstić information content (AvgIpc) is 2.55. The van der Waals surface area contributed by atoms with E-state index in [2.05, 4.69) is 5.16 Å². The van der Waals surface area contributed by atoms with Crippen LogP contribution in [0.4, 0.5) is 0 Å². The molecule has 0 saturated heterocycles. The molecule has 1 aliphatic rings. The first-order valence-electron chi connectivity index (χ1n) is 4.04. The number of hydrogen-bond acceptors (Lipinski definition) is 2. The lowest BCUT2D eigenvalue weighted by Gasteiger charge is -2.00. The van der Waals surface area contributed by atoms with E-state index in [9.17, 15) is 4.79 Å². The number of aromatic nitrogens is 1. The van der Waals surface area contributed by atoms with Crippen molar-refractivity contribution in [1.29, 1.82) is 0 Å². The Labute approximate surface area is 64.4 Å². The molecule has 1 aromatic rings. The number of H-pyrrole nitrogens is 1. The van der Waals surface area contributed by atoms with Crippen LogP contribution in [0, 0.1) is 0 Å². The maximum absolute atomic E-state index is 10.7. The van der Waals surface area contributed by atoms with Gasteiger partial charge in [0, 0.05) is 12.0 Å². The van der Waals surface area contributed by atoms with Gasteiger partial charge in [-0.1, -0.05) is 12.8 Å². The molecule has 1 heterocycles. The summed E-state index contributed by atoms with van der Waals surface area (Å²) in [6, 6.07) is 1.57. The van der Waals surface area contributed by atoms with Gasteiger partial charge in [-0.2, -0.15) is 5.16 Å². The summed E-state index contributed by atoms with van der Waals surface area (Å²) in [5.41, 5.74) is -0.119. The van der Waals surface area contributed by atoms with Crippen LogP contribution in [0.25, 0.3) is 0 Å². The highest BCUT2D eigenvalue weighted by molar-refractivity contribution is 5.03. The second-order valence-electron chi connectivity index (χ2n) is 3.10. The molecule has 3 heteroatoms. The molecule has 0 bridgehead atoms. The van der Waals surface area contributed by atoms with Crippen molar-refractivity contribution < 1.29 is 4.52 Å². The molecule has 1 N–H and O–H groups in total. The van der Waals surface area contributed by atoms with E-state index in [1.54, 1.807) is 6.07 Å². The van der Waals surface area contributed by atoms with Gasteiger partial charge < -0.3 is 4.52 Å². The first kappa shape index (κ1) is 6.70. The van der Waals surface area contributed by atoms with Crippen LogP contribution in [0.1, 0.15) is 37.4 Å². The third-order valence-electron chi connectivity index (χ3n) is 2.30. The van der Waals surface area contributed by atoms with E-state index >= 15 is 0 Å². The number of rotatable bonds is 1. The van der Waals surface area contributed by atoms with Gasteiger partial charge in [0.15, 0.2) is 0 Å². The Morgan fingerprint density at radius 3 is 2.73 bits per heavy atom. The average molecular weight is 153 g/mol. The molecule has 2 rings (SSSR count). The van der Waals surface area contributed by atoms with Crippen molar-refractivity contribution in [2.45, 2.75) is 31.6 Å². The van der Waals surface area contributed by atoms with Crippen LogP contribution < -0.4 is 5.56 Å². The van der Waals surface area contributed by atoms with Crippen molar-refractivity contribution in [3.63, 3.8) is 0 Å². The summed E-state index contributed by atoms with van der Waals surface area (Å²) in [6.45, 7) is 0. The zero-order valence-corrected chi connectivity index (χ0v) is 6.30. The number of aromatic amines is 1. The van der Waals surface area contributed by atoms with E-state index in [0.717, 1.165) is 5.76 Å². The summed E-state index contributed by atoms with van der Waals surface area (Å²) in [4.78, 5) is 10.7. The predicted octanol–water partition coefficient (Wildman–Crippen LogP) is 1.63. The Balaban J connectivity index is 2.21. The lowest BCUT2D eigenvalue weighted by Crippen LogP contribution is -1.94. The van der Waals surface area contributed by atoms with E-state index in [1.165, 1.54) is 25.7 Å². The summed E-state index contributed by atoms with van der Waals surface area (Å²) < 4.78 is 5.01. The summed E-state index contributed by atoms with van der Waals surface area (Å²) in [5.74, 6) is 1.33. The highest BCUT2D eigenvalue weighted by Gasteiger charge is 2.20. The molecule has 0 spiro atoms. The smallest absolute Gasteiger partial charge is 0.280 e. The van der Waals surface area contributed by atoms with Crippen LogP contribution in [0.3, 0.4) is 0 Å². The van der Waals surface area contributed by atoms with Crippen LogP contribution in [-0.2, 0) is 0 Å². The number of nitrogens with one attached hydrogen (secondary N) is 1. The summed E-state index contributed by atoms with van der Waals surface area (Å²) in [5, 5.41) is 2.31. The molecule has 60 valence electrons. The molecular weight excluding hydrogens is 142 g/mol. The second kappa shape index (κ2) is 2.57. The van der Waals surface area contributed by atoms with Gasteiger partial charge in [0.05, 0.1) is 0 Å². The maximum atomic E-state index is 10.7. The largest absolute Gasteiger partial charge is 0.383 e. The molecule has 1 aromatic heterocycles. The minimum atomic E-state index is -0.119. The van der Waals surface area contributed by atoms with E-state index in [-0.39, 0.29) is 5.56 Å². The molecular formula is C8H11NO2. The van der Waals surface area contributed by atoms with Crippen LogP contribution >= 0.6 is 0 Å². The highest BCUT2D eigenvalue weighted by atomic mass is 16.5. The zero-order valence-electron chi connectivity index (χ0n) is 6.30. The Hall–Kier alpha value is -0.990. The zero-order chi connectivity index (χ0) is 7.68. The molecule has 3 nitrogen and oxygen atoms in total. The Morgan fingerprint density at radius 2 is 2.18 bits per heavy atom. The maximum Gasteiger partial charge on any atom is 0.280 e. The van der Waals surface area contributed by atoms with Gasteiger partial charge in [0.25, 0.3) is 5.56 Å².